The fourth-order valence-electron chi connectivity index (χ4n) is 3.55. The summed E-state index contributed by atoms with van der Waals surface area (Å²) in [5, 5.41) is 21.4. The lowest BCUT2D eigenvalue weighted by molar-refractivity contribution is -0.139. The van der Waals surface area contributed by atoms with Crippen LogP contribution in [0.1, 0.15) is 37.3 Å². The van der Waals surface area contributed by atoms with E-state index < -0.39 is 24.2 Å². The molecular formula is C23H27NO5S. The van der Waals surface area contributed by atoms with Crippen LogP contribution in [0.3, 0.4) is 0 Å². The maximum Gasteiger partial charge on any atom is 0.407 e. The third kappa shape index (κ3) is 5.15. The number of thioether (sulfide) groups is 1. The number of benzene rings is 2. The number of carbonyl (C=O) groups is 2. The number of carboxylic acid groups (broad SMARTS) is 1. The second-order valence-corrected chi connectivity index (χ2v) is 8.95. The molecule has 1 aliphatic rings. The summed E-state index contributed by atoms with van der Waals surface area (Å²) in [4.78, 5) is 23.8. The van der Waals surface area contributed by atoms with Gasteiger partial charge in [0.15, 0.2) is 0 Å². The zero-order chi connectivity index (χ0) is 21.7. The maximum atomic E-state index is 12.3. The van der Waals surface area contributed by atoms with Crippen LogP contribution in [0.4, 0.5) is 4.79 Å². The molecule has 0 saturated heterocycles. The lowest BCUT2D eigenvalue weighted by atomic mass is 9.98. The minimum absolute atomic E-state index is 0.00565. The predicted molar refractivity (Wildman–Crippen MR) is 118 cm³/mol. The first-order valence-corrected chi connectivity index (χ1v) is 11.1. The van der Waals surface area contributed by atoms with Crippen LogP contribution in [-0.2, 0) is 9.53 Å². The highest BCUT2D eigenvalue weighted by molar-refractivity contribution is 7.99. The minimum atomic E-state index is -1.10. The van der Waals surface area contributed by atoms with E-state index in [2.05, 4.69) is 17.4 Å². The Bertz CT molecular complexity index is 855. The molecule has 6 nitrogen and oxygen atoms in total. The smallest absolute Gasteiger partial charge is 0.407 e. The summed E-state index contributed by atoms with van der Waals surface area (Å²) < 4.78 is 5.43. The molecule has 0 spiro atoms. The summed E-state index contributed by atoms with van der Waals surface area (Å²) in [6.45, 7) is 3.71. The Labute approximate surface area is 180 Å². The first-order chi connectivity index (χ1) is 14.4. The summed E-state index contributed by atoms with van der Waals surface area (Å²) >= 11 is 1.47. The standard InChI is InChI=1S/C23H27NO5S/c1-14(25)15(2)30-12-11-21(22(26)27)24-23(28)29-13-20-18-9-5-3-7-16(18)17-8-4-6-10-19(17)20/h3-10,14-15,20-21,25H,11-13H2,1-2H3,(H,24,28)(H,26,27). The van der Waals surface area contributed by atoms with Crippen molar-refractivity contribution >= 4 is 23.8 Å². The van der Waals surface area contributed by atoms with Crippen LogP contribution in [0.2, 0.25) is 0 Å². The summed E-state index contributed by atoms with van der Waals surface area (Å²) in [5.41, 5.74) is 4.47. The van der Waals surface area contributed by atoms with Crippen molar-refractivity contribution in [2.24, 2.45) is 0 Å². The van der Waals surface area contributed by atoms with Crippen molar-refractivity contribution < 1.29 is 24.5 Å². The second-order valence-electron chi connectivity index (χ2n) is 7.47. The number of hydrogen-bond acceptors (Lipinski definition) is 5. The fraction of sp³-hybridized carbons (Fsp3) is 0.391. The number of aliphatic carboxylic acids is 1. The van der Waals surface area contributed by atoms with Gasteiger partial charge in [-0.25, -0.2) is 9.59 Å². The normalized spacial score (nSPS) is 15.6. The molecule has 3 N–H and O–H groups in total. The molecule has 3 atom stereocenters. The van der Waals surface area contributed by atoms with E-state index in [1.54, 1.807) is 6.92 Å². The number of nitrogens with one attached hydrogen (secondary N) is 1. The predicted octanol–water partition coefficient (Wildman–Crippen LogP) is 3.87. The highest BCUT2D eigenvalue weighted by Crippen LogP contribution is 2.44. The molecule has 2 aromatic carbocycles. The first kappa shape index (κ1) is 22.2. The lowest BCUT2D eigenvalue weighted by Crippen LogP contribution is -2.42. The first-order valence-electron chi connectivity index (χ1n) is 10.0. The number of ether oxygens (including phenoxy) is 1. The van der Waals surface area contributed by atoms with Gasteiger partial charge in [-0.05, 0) is 41.4 Å². The van der Waals surface area contributed by atoms with Gasteiger partial charge in [-0.15, -0.1) is 0 Å². The molecule has 3 rings (SSSR count). The molecule has 0 radical (unpaired) electrons. The molecule has 0 heterocycles. The fourth-order valence-corrected chi connectivity index (χ4v) is 4.57. The monoisotopic (exact) mass is 429 g/mol. The number of carboxylic acids is 1. The van der Waals surface area contributed by atoms with Crippen molar-refractivity contribution in [3.05, 3.63) is 59.7 Å². The number of amides is 1. The van der Waals surface area contributed by atoms with Gasteiger partial charge in [0, 0.05) is 11.2 Å². The van der Waals surface area contributed by atoms with Crippen LogP contribution in [0.15, 0.2) is 48.5 Å². The minimum Gasteiger partial charge on any atom is -0.480 e. The molecule has 0 saturated carbocycles. The number of alkyl carbamates (subject to hydrolysis) is 1. The zero-order valence-corrected chi connectivity index (χ0v) is 17.9. The van der Waals surface area contributed by atoms with E-state index in [4.69, 9.17) is 4.74 Å². The van der Waals surface area contributed by atoms with E-state index in [9.17, 15) is 19.8 Å². The number of aliphatic hydroxyl groups is 1. The largest absolute Gasteiger partial charge is 0.480 e. The Morgan fingerprint density at radius 3 is 2.17 bits per heavy atom. The molecule has 0 fully saturated rings. The van der Waals surface area contributed by atoms with Crippen molar-refractivity contribution in [3.8, 4) is 11.1 Å². The van der Waals surface area contributed by atoms with Crippen LogP contribution >= 0.6 is 11.8 Å². The van der Waals surface area contributed by atoms with Crippen LogP contribution in [0, 0.1) is 0 Å². The average molecular weight is 430 g/mol. The number of rotatable bonds is 9. The maximum absolute atomic E-state index is 12.3. The molecule has 30 heavy (non-hydrogen) atoms. The van der Waals surface area contributed by atoms with Crippen molar-refractivity contribution in [1.82, 2.24) is 5.32 Å². The molecule has 1 aliphatic carbocycles. The van der Waals surface area contributed by atoms with Gasteiger partial charge >= 0.3 is 12.1 Å². The summed E-state index contributed by atoms with van der Waals surface area (Å²) in [5.74, 6) is -0.671. The van der Waals surface area contributed by atoms with Crippen molar-refractivity contribution in [1.29, 1.82) is 0 Å². The van der Waals surface area contributed by atoms with Gasteiger partial charge in [-0.3, -0.25) is 0 Å². The van der Waals surface area contributed by atoms with Gasteiger partial charge in [0.25, 0.3) is 0 Å². The summed E-state index contributed by atoms with van der Waals surface area (Å²) in [7, 11) is 0. The molecule has 1 amide bonds. The van der Waals surface area contributed by atoms with Gasteiger partial charge in [-0.1, -0.05) is 55.5 Å². The zero-order valence-electron chi connectivity index (χ0n) is 17.1. The third-order valence-corrected chi connectivity index (χ3v) is 6.79. The molecule has 2 aromatic rings. The van der Waals surface area contributed by atoms with E-state index in [-0.39, 0.29) is 24.2 Å². The van der Waals surface area contributed by atoms with Crippen LogP contribution in [0.25, 0.3) is 11.1 Å². The summed E-state index contributed by atoms with van der Waals surface area (Å²) in [6, 6.07) is 15.0. The van der Waals surface area contributed by atoms with Gasteiger partial charge in [0.1, 0.15) is 12.6 Å². The van der Waals surface area contributed by atoms with Crippen molar-refractivity contribution in [2.45, 2.75) is 43.6 Å². The average Bonchev–Trinajstić information content (AvgIpc) is 3.05. The molecule has 160 valence electrons. The quantitative estimate of drug-likeness (QED) is 0.560. The second kappa shape index (κ2) is 10.00. The van der Waals surface area contributed by atoms with Gasteiger partial charge < -0.3 is 20.3 Å². The number of aliphatic hydroxyl groups excluding tert-OH is 1. The molecule has 7 heteroatoms. The highest BCUT2D eigenvalue weighted by Gasteiger charge is 2.29. The molecule has 3 unspecified atom stereocenters. The van der Waals surface area contributed by atoms with E-state index in [0.717, 1.165) is 22.3 Å². The topological polar surface area (TPSA) is 95.9 Å². The van der Waals surface area contributed by atoms with E-state index >= 15 is 0 Å². The van der Waals surface area contributed by atoms with E-state index in [0.29, 0.717) is 5.75 Å². The third-order valence-electron chi connectivity index (χ3n) is 5.40. The summed E-state index contributed by atoms with van der Waals surface area (Å²) in [6.07, 6.45) is -0.965. The van der Waals surface area contributed by atoms with E-state index in [1.165, 1.54) is 11.8 Å². The molecule has 0 aliphatic heterocycles. The van der Waals surface area contributed by atoms with Crippen LogP contribution < -0.4 is 5.32 Å². The Morgan fingerprint density at radius 2 is 1.63 bits per heavy atom. The highest BCUT2D eigenvalue weighted by atomic mass is 32.2. The molecule has 0 bridgehead atoms. The Kier molecular flexibility index (Phi) is 7.39. The van der Waals surface area contributed by atoms with Crippen molar-refractivity contribution in [2.75, 3.05) is 12.4 Å². The Morgan fingerprint density at radius 1 is 1.07 bits per heavy atom. The Balaban J connectivity index is 1.58. The number of carbonyl (C=O) groups excluding carboxylic acids is 1. The van der Waals surface area contributed by atoms with Gasteiger partial charge in [-0.2, -0.15) is 11.8 Å². The van der Waals surface area contributed by atoms with Gasteiger partial charge in [0.2, 0.25) is 0 Å². The molecule has 0 aromatic heterocycles. The van der Waals surface area contributed by atoms with E-state index in [1.807, 2.05) is 43.3 Å². The molecular weight excluding hydrogens is 402 g/mol. The number of hydrogen-bond donors (Lipinski definition) is 3. The Hall–Kier alpha value is -2.51. The van der Waals surface area contributed by atoms with Crippen LogP contribution in [-0.4, -0.2) is 52.0 Å². The number of fused-ring (bicyclic) bond motifs is 3. The SMILES string of the molecule is CC(O)C(C)SCCC(NC(=O)OCC1c2ccccc2-c2ccccc21)C(=O)O. The van der Waals surface area contributed by atoms with Gasteiger partial charge in [0.05, 0.1) is 6.10 Å². The lowest BCUT2D eigenvalue weighted by Gasteiger charge is -2.18. The van der Waals surface area contributed by atoms with Crippen molar-refractivity contribution in [3.63, 3.8) is 0 Å². The van der Waals surface area contributed by atoms with Crippen LogP contribution in [0.5, 0.6) is 0 Å².